The number of nitrogens with two attached hydrogens (primary N) is 2. The van der Waals surface area contributed by atoms with Crippen LogP contribution in [0.3, 0.4) is 0 Å². The van der Waals surface area contributed by atoms with Crippen LogP contribution in [-0.4, -0.2) is 11.8 Å². The Kier molecular flexibility index (Phi) is 6.82. The zero-order valence-electron chi connectivity index (χ0n) is 11.4. The van der Waals surface area contributed by atoms with E-state index >= 15 is 0 Å². The molecule has 2 rings (SSSR count). The maximum absolute atomic E-state index is 10.2. The molecule has 0 fully saturated rings. The fraction of sp³-hybridized carbons (Fsp3) is 0.250. The van der Waals surface area contributed by atoms with Crippen molar-refractivity contribution < 1.29 is 9.59 Å². The lowest BCUT2D eigenvalue weighted by atomic mass is 10.1. The van der Waals surface area contributed by atoms with Crippen molar-refractivity contribution in [3.63, 3.8) is 0 Å². The van der Waals surface area contributed by atoms with Gasteiger partial charge in [0, 0.05) is 12.8 Å². The smallest absolute Gasteiger partial charge is 0.217 e. The van der Waals surface area contributed by atoms with Crippen LogP contribution in [0.5, 0.6) is 0 Å². The van der Waals surface area contributed by atoms with Gasteiger partial charge in [-0.3, -0.25) is 9.59 Å². The molecule has 4 nitrogen and oxygen atoms in total. The second-order valence-electron chi connectivity index (χ2n) is 4.49. The number of amides is 2. The second-order valence-corrected chi connectivity index (χ2v) is 4.49. The van der Waals surface area contributed by atoms with E-state index < -0.39 is 0 Å². The second kappa shape index (κ2) is 8.69. The zero-order valence-corrected chi connectivity index (χ0v) is 11.4. The summed E-state index contributed by atoms with van der Waals surface area (Å²) in [6.07, 6.45) is 1.98. The minimum absolute atomic E-state index is 0.329. The molecule has 0 heterocycles. The van der Waals surface area contributed by atoms with Crippen LogP contribution in [0, 0.1) is 0 Å². The van der Waals surface area contributed by atoms with Gasteiger partial charge in [-0.25, -0.2) is 0 Å². The summed E-state index contributed by atoms with van der Waals surface area (Å²) in [7, 11) is 0. The number of rotatable bonds is 5. The summed E-state index contributed by atoms with van der Waals surface area (Å²) >= 11 is 0. The lowest BCUT2D eigenvalue weighted by Gasteiger charge is -1.93. The van der Waals surface area contributed by atoms with E-state index in [1.54, 1.807) is 0 Å². The molecule has 0 aliphatic heterocycles. The number of benzene rings is 2. The molecular weight excluding hydrogens is 252 g/mol. The van der Waals surface area contributed by atoms with Crippen LogP contribution in [0.2, 0.25) is 0 Å². The Labute approximate surface area is 118 Å². The number of hydrogen-bond donors (Lipinski definition) is 2. The van der Waals surface area contributed by atoms with E-state index in [4.69, 9.17) is 11.5 Å². The Morgan fingerprint density at radius 1 is 0.700 bits per heavy atom. The van der Waals surface area contributed by atoms with Crippen LogP contribution in [0.1, 0.15) is 25.7 Å². The highest BCUT2D eigenvalue weighted by Gasteiger charge is 1.96. The molecule has 2 amide bonds. The third-order valence-corrected chi connectivity index (χ3v) is 2.76. The topological polar surface area (TPSA) is 86.2 Å². The summed E-state index contributed by atoms with van der Waals surface area (Å²) in [5.41, 5.74) is 9.71. The van der Waals surface area contributed by atoms with Crippen molar-refractivity contribution in [2.45, 2.75) is 25.7 Å². The molecule has 0 atom stereocenters. The third kappa shape index (κ3) is 6.54. The number of unbranched alkanes of at least 4 members (excludes halogenated alkanes) is 1. The van der Waals surface area contributed by atoms with Crippen LogP contribution < -0.4 is 11.5 Å². The van der Waals surface area contributed by atoms with Gasteiger partial charge in [0.05, 0.1) is 0 Å². The molecule has 0 unspecified atom stereocenters. The van der Waals surface area contributed by atoms with Crippen LogP contribution in [0.25, 0.3) is 10.8 Å². The first kappa shape index (κ1) is 15.7. The number of hydrogen-bond acceptors (Lipinski definition) is 2. The molecule has 0 bridgehead atoms. The van der Waals surface area contributed by atoms with Gasteiger partial charge in [0.2, 0.25) is 11.8 Å². The van der Waals surface area contributed by atoms with E-state index in [-0.39, 0.29) is 11.8 Å². The summed E-state index contributed by atoms with van der Waals surface area (Å²) in [5, 5.41) is 2.62. The highest BCUT2D eigenvalue weighted by Crippen LogP contribution is 2.11. The Morgan fingerprint density at radius 3 is 1.25 bits per heavy atom. The molecule has 4 heteroatoms. The molecule has 0 radical (unpaired) electrons. The van der Waals surface area contributed by atoms with Crippen LogP contribution in [-0.2, 0) is 9.59 Å². The molecule has 0 aromatic heterocycles. The van der Waals surface area contributed by atoms with Crippen molar-refractivity contribution in [1.29, 1.82) is 0 Å². The van der Waals surface area contributed by atoms with Gasteiger partial charge in [0.25, 0.3) is 0 Å². The predicted octanol–water partition coefficient (Wildman–Crippen LogP) is 2.36. The summed E-state index contributed by atoms with van der Waals surface area (Å²) in [4.78, 5) is 20.3. The van der Waals surface area contributed by atoms with E-state index in [9.17, 15) is 9.59 Å². The SMILES string of the molecule is NC(=O)CCCCC(N)=O.c1ccc2ccccc2c1. The van der Waals surface area contributed by atoms with Gasteiger partial charge in [-0.05, 0) is 23.6 Å². The van der Waals surface area contributed by atoms with Crippen molar-refractivity contribution >= 4 is 22.6 Å². The van der Waals surface area contributed by atoms with Crippen molar-refractivity contribution in [3.8, 4) is 0 Å². The summed E-state index contributed by atoms with van der Waals surface area (Å²) in [5.74, 6) is -0.658. The Morgan fingerprint density at radius 2 is 1.00 bits per heavy atom. The van der Waals surface area contributed by atoms with Gasteiger partial charge in [0.15, 0.2) is 0 Å². The van der Waals surface area contributed by atoms with Gasteiger partial charge < -0.3 is 11.5 Å². The molecule has 20 heavy (non-hydrogen) atoms. The molecule has 0 aliphatic rings. The molecule has 106 valence electrons. The third-order valence-electron chi connectivity index (χ3n) is 2.76. The molecule has 2 aromatic carbocycles. The number of primary amides is 2. The van der Waals surface area contributed by atoms with Crippen molar-refractivity contribution in [2.24, 2.45) is 11.5 Å². The van der Waals surface area contributed by atoms with Gasteiger partial charge in [-0.2, -0.15) is 0 Å². The standard InChI is InChI=1S/C10H8.C6H12N2O2/c1-2-6-10-8-4-3-7-9(10)5-1;7-5(9)3-1-2-4-6(8)10/h1-8H;1-4H2,(H2,7,9)(H2,8,10). The molecule has 0 saturated carbocycles. The van der Waals surface area contributed by atoms with E-state index in [0.717, 1.165) is 0 Å². The maximum atomic E-state index is 10.2. The highest BCUT2D eigenvalue weighted by molar-refractivity contribution is 5.82. The zero-order chi connectivity index (χ0) is 14.8. The first-order valence-electron chi connectivity index (χ1n) is 6.60. The Balaban J connectivity index is 0.000000200. The first-order chi connectivity index (χ1) is 9.59. The lowest BCUT2D eigenvalue weighted by molar-refractivity contribution is -0.119. The van der Waals surface area contributed by atoms with Crippen LogP contribution in [0.15, 0.2) is 48.5 Å². The average Bonchev–Trinajstić information content (AvgIpc) is 2.44. The van der Waals surface area contributed by atoms with E-state index in [1.165, 1.54) is 10.8 Å². The van der Waals surface area contributed by atoms with Crippen LogP contribution in [0.4, 0.5) is 0 Å². The Hall–Kier alpha value is -2.36. The quantitative estimate of drug-likeness (QED) is 0.818. The van der Waals surface area contributed by atoms with Gasteiger partial charge in [-0.1, -0.05) is 48.5 Å². The predicted molar refractivity (Wildman–Crippen MR) is 80.8 cm³/mol. The van der Waals surface area contributed by atoms with Crippen LogP contribution >= 0.6 is 0 Å². The lowest BCUT2D eigenvalue weighted by Crippen LogP contribution is -2.12. The van der Waals surface area contributed by atoms with E-state index in [2.05, 4.69) is 48.5 Å². The molecule has 0 aliphatic carbocycles. The molecule has 0 saturated heterocycles. The van der Waals surface area contributed by atoms with Crippen molar-refractivity contribution in [3.05, 3.63) is 48.5 Å². The number of carbonyl (C=O) groups excluding carboxylic acids is 2. The number of fused-ring (bicyclic) bond motifs is 1. The summed E-state index contributed by atoms with van der Waals surface area (Å²) in [6, 6.07) is 16.7. The van der Waals surface area contributed by atoms with Crippen molar-refractivity contribution in [2.75, 3.05) is 0 Å². The average molecular weight is 272 g/mol. The Bertz CT molecular complexity index is 486. The molecular formula is C16H20N2O2. The van der Waals surface area contributed by atoms with Gasteiger partial charge >= 0.3 is 0 Å². The first-order valence-corrected chi connectivity index (χ1v) is 6.60. The van der Waals surface area contributed by atoms with E-state index in [1.807, 2.05) is 0 Å². The van der Waals surface area contributed by atoms with Gasteiger partial charge in [0.1, 0.15) is 0 Å². The fourth-order valence-corrected chi connectivity index (χ4v) is 1.73. The normalized spacial score (nSPS) is 9.60. The minimum Gasteiger partial charge on any atom is -0.370 e. The minimum atomic E-state index is -0.329. The maximum Gasteiger partial charge on any atom is 0.217 e. The van der Waals surface area contributed by atoms with Crippen molar-refractivity contribution in [1.82, 2.24) is 0 Å². The highest BCUT2D eigenvalue weighted by atomic mass is 16.1. The summed E-state index contributed by atoms with van der Waals surface area (Å²) in [6.45, 7) is 0. The molecule has 0 spiro atoms. The van der Waals surface area contributed by atoms with E-state index in [0.29, 0.717) is 25.7 Å². The van der Waals surface area contributed by atoms with Gasteiger partial charge in [-0.15, -0.1) is 0 Å². The molecule has 2 aromatic rings. The molecule has 4 N–H and O–H groups in total. The largest absolute Gasteiger partial charge is 0.370 e. The fourth-order valence-electron chi connectivity index (χ4n) is 1.73. The number of carbonyl (C=O) groups is 2. The summed E-state index contributed by atoms with van der Waals surface area (Å²) < 4.78 is 0. The monoisotopic (exact) mass is 272 g/mol.